The van der Waals surface area contributed by atoms with Crippen molar-refractivity contribution in [3.8, 4) is 5.75 Å². The lowest BCUT2D eigenvalue weighted by atomic mass is 10.2. The molecule has 0 aliphatic carbocycles. The van der Waals surface area contributed by atoms with Crippen molar-refractivity contribution in [3.05, 3.63) is 52.5 Å². The smallest absolute Gasteiger partial charge is 0.266 e. The summed E-state index contributed by atoms with van der Waals surface area (Å²) in [5.41, 5.74) is 2.99. The number of aryl methyl sites for hydroxylation is 2. The molecule has 0 atom stereocenters. The van der Waals surface area contributed by atoms with Crippen LogP contribution in [0.25, 0.3) is 10.2 Å². The molecular formula is C22H26ClN3O2S. The maximum Gasteiger partial charge on any atom is 0.266 e. The molecule has 0 saturated carbocycles. The molecule has 29 heavy (non-hydrogen) atoms. The fraction of sp³-hybridized carbons (Fsp3) is 0.364. The van der Waals surface area contributed by atoms with Crippen LogP contribution >= 0.6 is 22.9 Å². The molecule has 0 spiro atoms. The van der Waals surface area contributed by atoms with E-state index in [-0.39, 0.29) is 12.5 Å². The zero-order valence-electron chi connectivity index (χ0n) is 17.2. The van der Waals surface area contributed by atoms with E-state index < -0.39 is 0 Å². The highest BCUT2D eigenvalue weighted by Gasteiger charge is 2.21. The number of amides is 1. The van der Waals surface area contributed by atoms with Gasteiger partial charge in [0.15, 0.2) is 11.7 Å². The van der Waals surface area contributed by atoms with Crippen molar-refractivity contribution < 1.29 is 9.53 Å². The van der Waals surface area contributed by atoms with Crippen molar-refractivity contribution in [1.29, 1.82) is 0 Å². The van der Waals surface area contributed by atoms with Crippen LogP contribution in [0.3, 0.4) is 0 Å². The second-order valence-electron chi connectivity index (χ2n) is 7.35. The molecular weight excluding hydrogens is 406 g/mol. The topological polar surface area (TPSA) is 45.7 Å². The Morgan fingerprint density at radius 3 is 2.66 bits per heavy atom. The first kappa shape index (κ1) is 21.6. The third-order valence-corrected chi connectivity index (χ3v) is 6.10. The maximum absolute atomic E-state index is 13.0. The molecule has 3 rings (SSSR count). The van der Waals surface area contributed by atoms with Gasteiger partial charge in [-0.05, 0) is 70.2 Å². The number of rotatable bonds is 8. The number of carbonyl (C=O) groups is 1. The number of carbonyl (C=O) groups excluding carboxylic acids is 1. The molecule has 0 N–H and O–H groups in total. The van der Waals surface area contributed by atoms with Gasteiger partial charge in [0.2, 0.25) is 0 Å². The van der Waals surface area contributed by atoms with Crippen LogP contribution in [0.5, 0.6) is 5.75 Å². The first-order valence-electron chi connectivity index (χ1n) is 9.55. The average molecular weight is 432 g/mol. The maximum atomic E-state index is 13.0. The number of hydrogen-bond acceptors (Lipinski definition) is 5. The first-order valence-corrected chi connectivity index (χ1v) is 10.7. The molecule has 0 radical (unpaired) electrons. The van der Waals surface area contributed by atoms with Gasteiger partial charge in [-0.3, -0.25) is 9.69 Å². The van der Waals surface area contributed by atoms with Crippen LogP contribution < -0.4 is 9.64 Å². The molecule has 1 amide bonds. The number of hydrogen-bond donors (Lipinski definition) is 0. The van der Waals surface area contributed by atoms with Gasteiger partial charge in [0, 0.05) is 6.54 Å². The van der Waals surface area contributed by atoms with E-state index in [0.29, 0.717) is 22.4 Å². The number of benzene rings is 2. The summed E-state index contributed by atoms with van der Waals surface area (Å²) in [5, 5.41) is 1.32. The normalized spacial score (nSPS) is 11.2. The van der Waals surface area contributed by atoms with E-state index in [2.05, 4.69) is 4.90 Å². The Balaban J connectivity index is 1.82. The highest BCUT2D eigenvalue weighted by atomic mass is 35.5. The lowest BCUT2D eigenvalue weighted by Crippen LogP contribution is -2.36. The summed E-state index contributed by atoms with van der Waals surface area (Å²) in [4.78, 5) is 21.6. The molecule has 5 nitrogen and oxygen atoms in total. The summed E-state index contributed by atoms with van der Waals surface area (Å²) in [6.45, 7) is 5.42. The quantitative estimate of drug-likeness (QED) is 0.507. The van der Waals surface area contributed by atoms with E-state index in [1.54, 1.807) is 4.90 Å². The van der Waals surface area contributed by atoms with Gasteiger partial charge in [-0.1, -0.05) is 41.1 Å². The van der Waals surface area contributed by atoms with Crippen molar-refractivity contribution in [3.63, 3.8) is 0 Å². The first-order chi connectivity index (χ1) is 13.8. The lowest BCUT2D eigenvalue weighted by Gasteiger charge is -2.21. The molecule has 2 aromatic carbocycles. The minimum absolute atomic E-state index is 0.0337. The Bertz CT molecular complexity index is 964. The third kappa shape index (κ3) is 5.47. The van der Waals surface area contributed by atoms with Gasteiger partial charge in [-0.2, -0.15) is 0 Å². The predicted octanol–water partition coefficient (Wildman–Crippen LogP) is 4.93. The van der Waals surface area contributed by atoms with Gasteiger partial charge >= 0.3 is 0 Å². The minimum Gasteiger partial charge on any atom is -0.484 e. The van der Waals surface area contributed by atoms with Crippen LogP contribution in [0.15, 0.2) is 36.4 Å². The van der Waals surface area contributed by atoms with Crippen LogP contribution in [0, 0.1) is 13.8 Å². The highest BCUT2D eigenvalue weighted by Crippen LogP contribution is 2.35. The molecule has 0 fully saturated rings. The Hall–Kier alpha value is -2.15. The molecule has 0 aliphatic rings. The molecule has 154 valence electrons. The Labute approximate surface area is 180 Å². The SMILES string of the molecule is Cc1cccc(OCC(=O)N(CCCN(C)C)c2nc3c(C)ccc(Cl)c3s2)c1. The van der Waals surface area contributed by atoms with Crippen molar-refractivity contribution in [2.75, 3.05) is 38.7 Å². The van der Waals surface area contributed by atoms with E-state index in [9.17, 15) is 4.79 Å². The Morgan fingerprint density at radius 2 is 1.97 bits per heavy atom. The molecule has 0 aliphatic heterocycles. The lowest BCUT2D eigenvalue weighted by molar-refractivity contribution is -0.120. The molecule has 1 aromatic heterocycles. The van der Waals surface area contributed by atoms with Gasteiger partial charge < -0.3 is 9.64 Å². The standard InChI is InChI=1S/C22H26ClN3O2S/c1-15-7-5-8-17(13-15)28-14-19(27)26(12-6-11-25(3)4)22-24-20-16(2)9-10-18(23)21(20)29-22/h5,7-10,13H,6,11-12,14H2,1-4H3. The summed E-state index contributed by atoms with van der Waals surface area (Å²) in [6, 6.07) is 11.5. The van der Waals surface area contributed by atoms with Crippen molar-refractivity contribution >= 4 is 44.2 Å². The summed E-state index contributed by atoms with van der Waals surface area (Å²) in [5.74, 6) is 0.577. The van der Waals surface area contributed by atoms with Crippen LogP contribution in [-0.4, -0.2) is 49.6 Å². The van der Waals surface area contributed by atoms with Crippen molar-refractivity contribution in [2.45, 2.75) is 20.3 Å². The number of halogens is 1. The largest absolute Gasteiger partial charge is 0.484 e. The van der Waals surface area contributed by atoms with Crippen LogP contribution in [0.1, 0.15) is 17.5 Å². The number of anilines is 1. The van der Waals surface area contributed by atoms with Crippen LogP contribution in [-0.2, 0) is 4.79 Å². The molecule has 0 bridgehead atoms. The fourth-order valence-corrected chi connectivity index (χ4v) is 4.37. The van der Waals surface area contributed by atoms with Crippen molar-refractivity contribution in [2.24, 2.45) is 0 Å². The van der Waals surface area contributed by atoms with Gasteiger partial charge in [-0.15, -0.1) is 0 Å². The number of nitrogens with zero attached hydrogens (tertiary/aromatic N) is 3. The van der Waals surface area contributed by atoms with Crippen LogP contribution in [0.4, 0.5) is 5.13 Å². The minimum atomic E-state index is -0.113. The molecule has 0 saturated heterocycles. The zero-order valence-corrected chi connectivity index (χ0v) is 18.8. The van der Waals surface area contributed by atoms with E-state index in [4.69, 9.17) is 21.3 Å². The number of aromatic nitrogens is 1. The molecule has 7 heteroatoms. The zero-order chi connectivity index (χ0) is 21.0. The number of ether oxygens (including phenoxy) is 1. The van der Waals surface area contributed by atoms with Crippen LogP contribution in [0.2, 0.25) is 5.02 Å². The predicted molar refractivity (Wildman–Crippen MR) is 122 cm³/mol. The Kier molecular flexibility index (Phi) is 7.11. The van der Waals surface area contributed by atoms with Gasteiger partial charge in [0.25, 0.3) is 5.91 Å². The van der Waals surface area contributed by atoms with Gasteiger partial charge in [0.1, 0.15) is 5.75 Å². The third-order valence-electron chi connectivity index (χ3n) is 4.56. The summed E-state index contributed by atoms with van der Waals surface area (Å²) in [7, 11) is 4.04. The highest BCUT2D eigenvalue weighted by molar-refractivity contribution is 7.23. The fourth-order valence-electron chi connectivity index (χ4n) is 3.01. The summed E-state index contributed by atoms with van der Waals surface area (Å²) in [6.07, 6.45) is 0.839. The van der Waals surface area contributed by atoms with E-state index in [0.717, 1.165) is 34.3 Å². The number of thiazole rings is 1. The second kappa shape index (κ2) is 9.57. The van der Waals surface area contributed by atoms with Gasteiger partial charge in [0.05, 0.1) is 15.2 Å². The monoisotopic (exact) mass is 431 g/mol. The Morgan fingerprint density at radius 1 is 1.17 bits per heavy atom. The molecule has 3 aromatic rings. The second-order valence-corrected chi connectivity index (χ2v) is 8.73. The van der Waals surface area contributed by atoms with E-state index in [1.165, 1.54) is 11.3 Å². The van der Waals surface area contributed by atoms with E-state index >= 15 is 0 Å². The summed E-state index contributed by atoms with van der Waals surface area (Å²) < 4.78 is 6.66. The molecule has 1 heterocycles. The summed E-state index contributed by atoms with van der Waals surface area (Å²) >= 11 is 7.81. The van der Waals surface area contributed by atoms with E-state index in [1.807, 2.05) is 64.3 Å². The average Bonchev–Trinajstić information content (AvgIpc) is 3.12. The number of fused-ring (bicyclic) bond motifs is 1. The van der Waals surface area contributed by atoms with Gasteiger partial charge in [-0.25, -0.2) is 4.98 Å². The molecule has 0 unspecified atom stereocenters. The van der Waals surface area contributed by atoms with Crippen molar-refractivity contribution in [1.82, 2.24) is 9.88 Å².